The Bertz CT molecular complexity index is 560. The Morgan fingerprint density at radius 1 is 1.00 bits per heavy atom. The third-order valence-electron chi connectivity index (χ3n) is 3.81. The van der Waals surface area contributed by atoms with Crippen molar-refractivity contribution in [2.45, 2.75) is 33.2 Å². The number of hydrogen-bond donors (Lipinski definition) is 1. The second-order valence-corrected chi connectivity index (χ2v) is 5.83. The zero-order chi connectivity index (χ0) is 14.5. The summed E-state index contributed by atoms with van der Waals surface area (Å²) >= 11 is 5.89. The number of rotatable bonds is 5. The average Bonchev–Trinajstić information content (AvgIpc) is 2.44. The standard InChI is InChI=1S/C18H22ClN/c1-13-4-7-17(12-14(13)2)15(3)20-11-10-16-5-8-18(19)9-6-16/h4-9,12,15,20H,10-11H2,1-3H3. The topological polar surface area (TPSA) is 12.0 Å². The molecular formula is C18H22ClN. The lowest BCUT2D eigenvalue weighted by molar-refractivity contribution is 0.576. The van der Waals surface area contributed by atoms with Gasteiger partial charge in [-0.25, -0.2) is 0 Å². The Balaban J connectivity index is 1.87. The Kier molecular flexibility index (Phi) is 5.22. The van der Waals surface area contributed by atoms with E-state index in [1.807, 2.05) is 12.1 Å². The van der Waals surface area contributed by atoms with Gasteiger partial charge in [0.15, 0.2) is 0 Å². The zero-order valence-electron chi connectivity index (χ0n) is 12.4. The van der Waals surface area contributed by atoms with Gasteiger partial charge in [-0.15, -0.1) is 0 Å². The Morgan fingerprint density at radius 3 is 2.35 bits per heavy atom. The summed E-state index contributed by atoms with van der Waals surface area (Å²) < 4.78 is 0. The molecule has 2 aromatic carbocycles. The van der Waals surface area contributed by atoms with E-state index in [0.717, 1.165) is 18.0 Å². The van der Waals surface area contributed by atoms with Gasteiger partial charge in [0.1, 0.15) is 0 Å². The molecule has 20 heavy (non-hydrogen) atoms. The summed E-state index contributed by atoms with van der Waals surface area (Å²) in [5.74, 6) is 0. The van der Waals surface area contributed by atoms with E-state index in [-0.39, 0.29) is 0 Å². The van der Waals surface area contributed by atoms with E-state index in [1.165, 1.54) is 22.3 Å². The fraction of sp³-hybridized carbons (Fsp3) is 0.333. The van der Waals surface area contributed by atoms with Crippen LogP contribution < -0.4 is 5.32 Å². The van der Waals surface area contributed by atoms with Gasteiger partial charge in [0.2, 0.25) is 0 Å². The summed E-state index contributed by atoms with van der Waals surface area (Å²) in [5.41, 5.74) is 5.37. The maximum absolute atomic E-state index is 5.89. The van der Waals surface area contributed by atoms with Crippen molar-refractivity contribution in [1.82, 2.24) is 5.32 Å². The molecule has 2 rings (SSSR count). The van der Waals surface area contributed by atoms with Gasteiger partial charge in [0, 0.05) is 11.1 Å². The van der Waals surface area contributed by atoms with Gasteiger partial charge in [-0.05, 0) is 68.1 Å². The van der Waals surface area contributed by atoms with Crippen molar-refractivity contribution in [2.24, 2.45) is 0 Å². The molecule has 1 N–H and O–H groups in total. The Labute approximate surface area is 127 Å². The normalized spacial score (nSPS) is 12.4. The van der Waals surface area contributed by atoms with Crippen LogP contribution in [0.1, 0.15) is 35.2 Å². The molecule has 0 radical (unpaired) electrons. The zero-order valence-corrected chi connectivity index (χ0v) is 13.2. The van der Waals surface area contributed by atoms with E-state index < -0.39 is 0 Å². The third-order valence-corrected chi connectivity index (χ3v) is 4.06. The summed E-state index contributed by atoms with van der Waals surface area (Å²) in [6.07, 6.45) is 1.02. The molecule has 1 atom stereocenters. The third kappa shape index (κ3) is 4.09. The van der Waals surface area contributed by atoms with Crippen LogP contribution in [0.2, 0.25) is 5.02 Å². The molecule has 2 aromatic rings. The van der Waals surface area contributed by atoms with Crippen molar-refractivity contribution in [3.63, 3.8) is 0 Å². The van der Waals surface area contributed by atoms with Crippen LogP contribution in [0.5, 0.6) is 0 Å². The second kappa shape index (κ2) is 6.92. The minimum Gasteiger partial charge on any atom is -0.310 e. The molecule has 0 spiro atoms. The summed E-state index contributed by atoms with van der Waals surface area (Å²) in [4.78, 5) is 0. The van der Waals surface area contributed by atoms with Gasteiger partial charge in [0.25, 0.3) is 0 Å². The number of benzene rings is 2. The quantitative estimate of drug-likeness (QED) is 0.829. The second-order valence-electron chi connectivity index (χ2n) is 5.40. The SMILES string of the molecule is Cc1ccc(C(C)NCCc2ccc(Cl)cc2)cc1C. The average molecular weight is 288 g/mol. The van der Waals surface area contributed by atoms with Crippen LogP contribution in [-0.4, -0.2) is 6.54 Å². The Hall–Kier alpha value is -1.31. The maximum atomic E-state index is 5.89. The fourth-order valence-electron chi connectivity index (χ4n) is 2.24. The monoisotopic (exact) mass is 287 g/mol. The van der Waals surface area contributed by atoms with Gasteiger partial charge in [-0.2, -0.15) is 0 Å². The molecule has 0 fully saturated rings. The van der Waals surface area contributed by atoms with E-state index in [0.29, 0.717) is 6.04 Å². The summed E-state index contributed by atoms with van der Waals surface area (Å²) in [7, 11) is 0. The fourth-order valence-corrected chi connectivity index (χ4v) is 2.36. The van der Waals surface area contributed by atoms with Gasteiger partial charge in [-0.3, -0.25) is 0 Å². The highest BCUT2D eigenvalue weighted by atomic mass is 35.5. The van der Waals surface area contributed by atoms with Crippen LogP contribution in [0, 0.1) is 13.8 Å². The molecule has 0 aliphatic heterocycles. The van der Waals surface area contributed by atoms with Crippen LogP contribution in [0.3, 0.4) is 0 Å². The summed E-state index contributed by atoms with van der Waals surface area (Å²) in [6.45, 7) is 7.50. The molecule has 0 saturated heterocycles. The van der Waals surface area contributed by atoms with E-state index >= 15 is 0 Å². The van der Waals surface area contributed by atoms with E-state index in [9.17, 15) is 0 Å². The lowest BCUT2D eigenvalue weighted by Gasteiger charge is -2.15. The van der Waals surface area contributed by atoms with E-state index in [4.69, 9.17) is 11.6 Å². The molecule has 0 bridgehead atoms. The number of halogens is 1. The smallest absolute Gasteiger partial charge is 0.0406 e. The summed E-state index contributed by atoms with van der Waals surface area (Å²) in [6, 6.07) is 15.1. The van der Waals surface area contributed by atoms with Gasteiger partial charge in [0.05, 0.1) is 0 Å². The predicted molar refractivity (Wildman–Crippen MR) is 87.5 cm³/mol. The van der Waals surface area contributed by atoms with Crippen LogP contribution >= 0.6 is 11.6 Å². The Morgan fingerprint density at radius 2 is 1.70 bits per heavy atom. The van der Waals surface area contributed by atoms with Crippen molar-refractivity contribution in [3.8, 4) is 0 Å². The lowest BCUT2D eigenvalue weighted by Crippen LogP contribution is -2.21. The first kappa shape index (κ1) is 15.1. The molecule has 0 heterocycles. The van der Waals surface area contributed by atoms with Crippen LogP contribution in [0.4, 0.5) is 0 Å². The van der Waals surface area contributed by atoms with Crippen molar-refractivity contribution in [2.75, 3.05) is 6.54 Å². The van der Waals surface area contributed by atoms with Gasteiger partial charge in [-0.1, -0.05) is 41.9 Å². The van der Waals surface area contributed by atoms with Crippen LogP contribution in [-0.2, 0) is 6.42 Å². The highest BCUT2D eigenvalue weighted by molar-refractivity contribution is 6.30. The maximum Gasteiger partial charge on any atom is 0.0406 e. The summed E-state index contributed by atoms with van der Waals surface area (Å²) in [5, 5.41) is 4.37. The van der Waals surface area contributed by atoms with Crippen molar-refractivity contribution >= 4 is 11.6 Å². The van der Waals surface area contributed by atoms with Gasteiger partial charge >= 0.3 is 0 Å². The van der Waals surface area contributed by atoms with Crippen LogP contribution in [0.25, 0.3) is 0 Å². The van der Waals surface area contributed by atoms with E-state index in [2.05, 4.69) is 56.4 Å². The molecule has 0 aliphatic rings. The minimum absolute atomic E-state index is 0.376. The molecule has 0 saturated carbocycles. The van der Waals surface area contributed by atoms with E-state index in [1.54, 1.807) is 0 Å². The lowest BCUT2D eigenvalue weighted by atomic mass is 10.0. The molecular weight excluding hydrogens is 266 g/mol. The number of aryl methyl sites for hydroxylation is 2. The predicted octanol–water partition coefficient (Wildman–Crippen LogP) is 4.85. The van der Waals surface area contributed by atoms with Crippen molar-refractivity contribution in [3.05, 3.63) is 69.7 Å². The highest BCUT2D eigenvalue weighted by Gasteiger charge is 2.05. The van der Waals surface area contributed by atoms with Crippen molar-refractivity contribution < 1.29 is 0 Å². The molecule has 106 valence electrons. The molecule has 2 heteroatoms. The first-order valence-electron chi connectivity index (χ1n) is 7.11. The molecule has 0 aliphatic carbocycles. The highest BCUT2D eigenvalue weighted by Crippen LogP contribution is 2.17. The van der Waals surface area contributed by atoms with Gasteiger partial charge < -0.3 is 5.32 Å². The van der Waals surface area contributed by atoms with Crippen molar-refractivity contribution in [1.29, 1.82) is 0 Å². The van der Waals surface area contributed by atoms with Crippen LogP contribution in [0.15, 0.2) is 42.5 Å². The first-order valence-corrected chi connectivity index (χ1v) is 7.49. The largest absolute Gasteiger partial charge is 0.310 e. The molecule has 0 aromatic heterocycles. The molecule has 1 nitrogen and oxygen atoms in total. The minimum atomic E-state index is 0.376. The molecule has 1 unspecified atom stereocenters. The first-order chi connectivity index (χ1) is 9.56. The number of hydrogen-bond acceptors (Lipinski definition) is 1. The number of nitrogens with one attached hydrogen (secondary N) is 1. The molecule has 0 amide bonds.